The lowest BCUT2D eigenvalue weighted by molar-refractivity contribution is -0.141. The second-order valence-corrected chi connectivity index (χ2v) is 6.84. The van der Waals surface area contributed by atoms with Crippen molar-refractivity contribution in [3.63, 3.8) is 0 Å². The predicted octanol–water partition coefficient (Wildman–Crippen LogP) is 4.20. The Morgan fingerprint density at radius 1 is 1.27 bits per heavy atom. The quantitative estimate of drug-likeness (QED) is 0.465. The number of benzene rings is 2. The molecule has 1 aromatic heterocycles. The molecule has 0 aliphatic rings. The molecule has 0 unspecified atom stereocenters. The minimum Gasteiger partial charge on any atom is -0.460 e. The van der Waals surface area contributed by atoms with Crippen LogP contribution in [0.5, 0.6) is 0 Å². The third-order valence-electron chi connectivity index (χ3n) is 3.58. The van der Waals surface area contributed by atoms with Gasteiger partial charge in [0.1, 0.15) is 18.8 Å². The van der Waals surface area contributed by atoms with Crippen molar-refractivity contribution in [2.24, 2.45) is 0 Å². The molecule has 134 valence electrons. The third kappa shape index (κ3) is 4.62. The molecule has 0 aliphatic carbocycles. The van der Waals surface area contributed by atoms with Gasteiger partial charge in [-0.25, -0.2) is 4.39 Å². The molecule has 0 spiro atoms. The van der Waals surface area contributed by atoms with Crippen molar-refractivity contribution in [1.82, 2.24) is 14.8 Å². The highest BCUT2D eigenvalue weighted by Gasteiger charge is 2.12. The van der Waals surface area contributed by atoms with Crippen molar-refractivity contribution in [3.8, 4) is 5.69 Å². The molecule has 3 aromatic rings. The van der Waals surface area contributed by atoms with E-state index in [9.17, 15) is 9.18 Å². The van der Waals surface area contributed by atoms with Crippen LogP contribution in [0.15, 0.2) is 53.9 Å². The van der Waals surface area contributed by atoms with E-state index in [1.807, 2.05) is 25.1 Å². The normalized spacial score (nSPS) is 10.7. The molecule has 26 heavy (non-hydrogen) atoms. The lowest BCUT2D eigenvalue weighted by Gasteiger charge is -2.08. The van der Waals surface area contributed by atoms with Crippen LogP contribution in [0.25, 0.3) is 5.69 Å². The van der Waals surface area contributed by atoms with Crippen LogP contribution in [0.2, 0.25) is 5.02 Å². The van der Waals surface area contributed by atoms with Gasteiger partial charge in [-0.3, -0.25) is 9.36 Å². The first-order valence-electron chi connectivity index (χ1n) is 7.72. The molecule has 0 saturated carbocycles. The van der Waals surface area contributed by atoms with E-state index in [4.69, 9.17) is 16.3 Å². The fourth-order valence-corrected chi connectivity index (χ4v) is 3.04. The Hall–Kier alpha value is -2.38. The molecular weight excluding hydrogens is 377 g/mol. The molecule has 0 amide bonds. The van der Waals surface area contributed by atoms with Crippen LogP contribution < -0.4 is 0 Å². The summed E-state index contributed by atoms with van der Waals surface area (Å²) in [6.07, 6.45) is 1.56. The molecule has 1 heterocycles. The first-order chi connectivity index (χ1) is 12.5. The van der Waals surface area contributed by atoms with Crippen molar-refractivity contribution in [3.05, 3.63) is 70.8 Å². The predicted molar refractivity (Wildman–Crippen MR) is 98.0 cm³/mol. The Morgan fingerprint density at radius 2 is 2.04 bits per heavy atom. The minimum absolute atomic E-state index is 0.0828. The fourth-order valence-electron chi connectivity index (χ4n) is 2.14. The number of thioether (sulfide) groups is 1. The van der Waals surface area contributed by atoms with Crippen LogP contribution >= 0.6 is 23.4 Å². The SMILES string of the molecule is Cc1ccc(-n2cnnc2SCC(=O)OCc2ccc(F)cc2)cc1Cl. The van der Waals surface area contributed by atoms with Gasteiger partial charge in [-0.15, -0.1) is 10.2 Å². The first-order valence-corrected chi connectivity index (χ1v) is 9.08. The zero-order valence-corrected chi connectivity index (χ0v) is 15.4. The van der Waals surface area contributed by atoms with Gasteiger partial charge in [-0.1, -0.05) is 41.6 Å². The summed E-state index contributed by atoms with van der Waals surface area (Å²) < 4.78 is 19.8. The number of hydrogen-bond acceptors (Lipinski definition) is 5. The number of esters is 1. The molecule has 0 saturated heterocycles. The van der Waals surface area contributed by atoms with Crippen LogP contribution in [-0.4, -0.2) is 26.5 Å². The van der Waals surface area contributed by atoms with Crippen LogP contribution in [0.1, 0.15) is 11.1 Å². The molecule has 0 atom stereocenters. The van der Waals surface area contributed by atoms with Crippen molar-refractivity contribution < 1.29 is 13.9 Å². The van der Waals surface area contributed by atoms with E-state index in [1.165, 1.54) is 23.9 Å². The molecule has 5 nitrogen and oxygen atoms in total. The zero-order valence-electron chi connectivity index (χ0n) is 13.9. The van der Waals surface area contributed by atoms with E-state index in [1.54, 1.807) is 23.0 Å². The lowest BCUT2D eigenvalue weighted by atomic mass is 10.2. The topological polar surface area (TPSA) is 57.0 Å². The van der Waals surface area contributed by atoms with Crippen LogP contribution in [0.3, 0.4) is 0 Å². The van der Waals surface area contributed by atoms with Crippen LogP contribution in [-0.2, 0) is 16.1 Å². The van der Waals surface area contributed by atoms with Gasteiger partial charge in [-0.2, -0.15) is 0 Å². The number of carbonyl (C=O) groups excluding carboxylic acids is 1. The van der Waals surface area contributed by atoms with Gasteiger partial charge in [0.05, 0.1) is 11.4 Å². The van der Waals surface area contributed by atoms with E-state index in [0.717, 1.165) is 16.8 Å². The number of aromatic nitrogens is 3. The van der Waals surface area contributed by atoms with Gasteiger partial charge in [0.15, 0.2) is 5.16 Å². The van der Waals surface area contributed by atoms with Gasteiger partial charge in [0, 0.05) is 5.02 Å². The Balaban J connectivity index is 1.58. The molecule has 2 aromatic carbocycles. The van der Waals surface area contributed by atoms with Crippen molar-refractivity contribution in [2.75, 3.05) is 5.75 Å². The maximum atomic E-state index is 12.9. The summed E-state index contributed by atoms with van der Waals surface area (Å²) in [5.74, 6) is -0.638. The largest absolute Gasteiger partial charge is 0.460 e. The van der Waals surface area contributed by atoms with E-state index in [2.05, 4.69) is 10.2 Å². The summed E-state index contributed by atoms with van der Waals surface area (Å²) in [7, 11) is 0. The highest BCUT2D eigenvalue weighted by molar-refractivity contribution is 7.99. The minimum atomic E-state index is -0.393. The third-order valence-corrected chi connectivity index (χ3v) is 4.91. The van der Waals surface area contributed by atoms with Gasteiger partial charge >= 0.3 is 5.97 Å². The summed E-state index contributed by atoms with van der Waals surface area (Å²) in [5, 5.41) is 9.12. The maximum Gasteiger partial charge on any atom is 0.316 e. The van der Waals surface area contributed by atoms with Gasteiger partial charge in [-0.05, 0) is 42.3 Å². The Morgan fingerprint density at radius 3 is 2.77 bits per heavy atom. The first kappa shape index (κ1) is 18.4. The Labute approximate surface area is 159 Å². The second-order valence-electron chi connectivity index (χ2n) is 5.49. The van der Waals surface area contributed by atoms with Crippen molar-refractivity contribution in [2.45, 2.75) is 18.7 Å². The summed E-state index contributed by atoms with van der Waals surface area (Å²) >= 11 is 7.38. The van der Waals surface area contributed by atoms with Crippen LogP contribution in [0.4, 0.5) is 4.39 Å². The van der Waals surface area contributed by atoms with E-state index in [-0.39, 0.29) is 18.2 Å². The molecular formula is C18H15ClFN3O2S. The van der Waals surface area contributed by atoms with Crippen LogP contribution in [0, 0.1) is 12.7 Å². The molecule has 0 radical (unpaired) electrons. The molecule has 3 rings (SSSR count). The number of rotatable bonds is 6. The van der Waals surface area contributed by atoms with E-state index < -0.39 is 5.97 Å². The van der Waals surface area contributed by atoms with Gasteiger partial charge in [0.2, 0.25) is 0 Å². The zero-order chi connectivity index (χ0) is 18.5. The second kappa shape index (κ2) is 8.33. The number of carbonyl (C=O) groups is 1. The van der Waals surface area contributed by atoms with Gasteiger partial charge in [0.25, 0.3) is 0 Å². The maximum absolute atomic E-state index is 12.9. The smallest absolute Gasteiger partial charge is 0.316 e. The average molecular weight is 392 g/mol. The molecule has 0 N–H and O–H groups in total. The molecule has 8 heteroatoms. The summed E-state index contributed by atoms with van der Waals surface area (Å²) in [4.78, 5) is 11.9. The monoisotopic (exact) mass is 391 g/mol. The molecule has 0 fully saturated rings. The lowest BCUT2D eigenvalue weighted by Crippen LogP contribution is -2.08. The van der Waals surface area contributed by atoms with E-state index in [0.29, 0.717) is 10.2 Å². The Bertz CT molecular complexity index is 915. The molecule has 0 bridgehead atoms. The number of ether oxygens (including phenoxy) is 1. The van der Waals surface area contributed by atoms with Gasteiger partial charge < -0.3 is 4.74 Å². The number of hydrogen-bond donors (Lipinski definition) is 0. The fraction of sp³-hybridized carbons (Fsp3) is 0.167. The summed E-state index contributed by atoms with van der Waals surface area (Å²) in [6, 6.07) is 11.4. The van der Waals surface area contributed by atoms with Crippen molar-refractivity contribution >= 4 is 29.3 Å². The summed E-state index contributed by atoms with van der Waals surface area (Å²) in [6.45, 7) is 2.02. The Kier molecular flexibility index (Phi) is 5.90. The molecule has 0 aliphatic heterocycles. The summed E-state index contributed by atoms with van der Waals surface area (Å²) in [5.41, 5.74) is 2.51. The number of nitrogens with zero attached hydrogens (tertiary/aromatic N) is 3. The number of aryl methyl sites for hydroxylation is 1. The standard InChI is InChI=1S/C18H15ClFN3O2S/c1-12-2-7-15(8-16(12)19)23-11-21-22-18(23)26-10-17(24)25-9-13-3-5-14(20)6-4-13/h2-8,11H,9-10H2,1H3. The van der Waals surface area contributed by atoms with Crippen molar-refractivity contribution in [1.29, 1.82) is 0 Å². The average Bonchev–Trinajstić information content (AvgIpc) is 3.10. The highest BCUT2D eigenvalue weighted by Crippen LogP contribution is 2.23. The van der Waals surface area contributed by atoms with E-state index >= 15 is 0 Å². The highest BCUT2D eigenvalue weighted by atomic mass is 35.5. The number of halogens is 2.